The van der Waals surface area contributed by atoms with E-state index in [2.05, 4.69) is 11.8 Å². The standard InChI is InChI=1S/C12H27NO3/c1-4-13(9-7-11-14)10-8-12(15-5-2)16-6-3/h12,14H,4-11H2,1-3H3. The Hall–Kier alpha value is -0.160. The van der Waals surface area contributed by atoms with Gasteiger partial charge in [0.15, 0.2) is 6.29 Å². The number of nitrogens with zero attached hydrogens (tertiary/aromatic N) is 1. The van der Waals surface area contributed by atoms with Crippen molar-refractivity contribution in [1.29, 1.82) is 0 Å². The minimum atomic E-state index is -0.0850. The summed E-state index contributed by atoms with van der Waals surface area (Å²) in [5.74, 6) is 0. The Kier molecular flexibility index (Phi) is 11.2. The molecule has 0 amide bonds. The number of aliphatic hydroxyl groups is 1. The van der Waals surface area contributed by atoms with Gasteiger partial charge in [-0.15, -0.1) is 0 Å². The summed E-state index contributed by atoms with van der Waals surface area (Å²) >= 11 is 0. The van der Waals surface area contributed by atoms with Crippen LogP contribution < -0.4 is 0 Å². The molecule has 1 N–H and O–H groups in total. The normalized spacial score (nSPS) is 11.6. The molecule has 4 heteroatoms. The van der Waals surface area contributed by atoms with Crippen molar-refractivity contribution < 1.29 is 14.6 Å². The van der Waals surface area contributed by atoms with Crippen LogP contribution in [-0.4, -0.2) is 55.8 Å². The van der Waals surface area contributed by atoms with Crippen molar-refractivity contribution in [3.8, 4) is 0 Å². The fourth-order valence-electron chi connectivity index (χ4n) is 1.60. The molecular formula is C12H27NO3. The van der Waals surface area contributed by atoms with E-state index >= 15 is 0 Å². The molecule has 0 aromatic rings. The maximum Gasteiger partial charge on any atom is 0.158 e. The second kappa shape index (κ2) is 11.3. The zero-order valence-electron chi connectivity index (χ0n) is 10.9. The van der Waals surface area contributed by atoms with Crippen molar-refractivity contribution in [3.05, 3.63) is 0 Å². The Morgan fingerprint density at radius 3 is 2.12 bits per heavy atom. The van der Waals surface area contributed by atoms with E-state index in [1.807, 2.05) is 13.8 Å². The van der Waals surface area contributed by atoms with Gasteiger partial charge in [-0.3, -0.25) is 0 Å². The maximum absolute atomic E-state index is 8.78. The van der Waals surface area contributed by atoms with Gasteiger partial charge in [-0.1, -0.05) is 6.92 Å². The smallest absolute Gasteiger partial charge is 0.158 e. The summed E-state index contributed by atoms with van der Waals surface area (Å²) in [7, 11) is 0. The summed E-state index contributed by atoms with van der Waals surface area (Å²) in [6, 6.07) is 0. The van der Waals surface area contributed by atoms with E-state index in [0.29, 0.717) is 13.2 Å². The number of hydrogen-bond donors (Lipinski definition) is 1. The minimum Gasteiger partial charge on any atom is -0.396 e. The molecule has 0 aromatic carbocycles. The highest BCUT2D eigenvalue weighted by molar-refractivity contribution is 4.57. The highest BCUT2D eigenvalue weighted by Gasteiger charge is 2.10. The number of ether oxygens (including phenoxy) is 2. The molecule has 0 bridgehead atoms. The van der Waals surface area contributed by atoms with Crippen molar-refractivity contribution in [2.45, 2.75) is 39.9 Å². The van der Waals surface area contributed by atoms with E-state index in [0.717, 1.165) is 32.5 Å². The minimum absolute atomic E-state index is 0.0850. The van der Waals surface area contributed by atoms with E-state index < -0.39 is 0 Å². The monoisotopic (exact) mass is 233 g/mol. The molecule has 0 unspecified atom stereocenters. The molecule has 0 aliphatic heterocycles. The number of rotatable bonds is 11. The van der Waals surface area contributed by atoms with Crippen LogP contribution in [-0.2, 0) is 9.47 Å². The molecule has 16 heavy (non-hydrogen) atoms. The third-order valence-electron chi connectivity index (χ3n) is 2.47. The lowest BCUT2D eigenvalue weighted by Gasteiger charge is -2.23. The zero-order chi connectivity index (χ0) is 12.2. The fourth-order valence-corrected chi connectivity index (χ4v) is 1.60. The molecule has 0 aliphatic carbocycles. The second-order valence-corrected chi connectivity index (χ2v) is 3.64. The highest BCUT2D eigenvalue weighted by atomic mass is 16.7. The van der Waals surface area contributed by atoms with Gasteiger partial charge in [-0.2, -0.15) is 0 Å². The van der Waals surface area contributed by atoms with Crippen molar-refractivity contribution in [1.82, 2.24) is 4.90 Å². The number of hydrogen-bond acceptors (Lipinski definition) is 4. The molecule has 4 nitrogen and oxygen atoms in total. The van der Waals surface area contributed by atoms with Gasteiger partial charge in [0.2, 0.25) is 0 Å². The highest BCUT2D eigenvalue weighted by Crippen LogP contribution is 2.03. The number of aliphatic hydroxyl groups excluding tert-OH is 1. The van der Waals surface area contributed by atoms with Crippen molar-refractivity contribution in [2.75, 3.05) is 39.5 Å². The summed E-state index contributed by atoms with van der Waals surface area (Å²) in [4.78, 5) is 2.31. The quantitative estimate of drug-likeness (QED) is 0.549. The Labute approximate surface area is 99.5 Å². The Morgan fingerprint density at radius 1 is 1.06 bits per heavy atom. The summed E-state index contributed by atoms with van der Waals surface area (Å²) < 4.78 is 11.0. The molecule has 0 rings (SSSR count). The largest absolute Gasteiger partial charge is 0.396 e. The first-order chi connectivity index (χ1) is 7.78. The van der Waals surface area contributed by atoms with Crippen molar-refractivity contribution >= 4 is 0 Å². The van der Waals surface area contributed by atoms with Crippen LogP contribution in [0.25, 0.3) is 0 Å². The second-order valence-electron chi connectivity index (χ2n) is 3.64. The van der Waals surface area contributed by atoms with Crippen LogP contribution in [0.3, 0.4) is 0 Å². The van der Waals surface area contributed by atoms with E-state index in [1.54, 1.807) is 0 Å². The summed E-state index contributed by atoms with van der Waals surface area (Å²) in [6.07, 6.45) is 1.64. The SMILES string of the molecule is CCOC(CCN(CC)CCCO)OCC. The van der Waals surface area contributed by atoms with Crippen LogP contribution in [0.2, 0.25) is 0 Å². The molecule has 0 spiro atoms. The maximum atomic E-state index is 8.78. The van der Waals surface area contributed by atoms with E-state index in [-0.39, 0.29) is 12.9 Å². The van der Waals surface area contributed by atoms with Crippen LogP contribution in [0.15, 0.2) is 0 Å². The predicted molar refractivity (Wildman–Crippen MR) is 65.5 cm³/mol. The first-order valence-corrected chi connectivity index (χ1v) is 6.34. The van der Waals surface area contributed by atoms with Gasteiger partial charge in [-0.25, -0.2) is 0 Å². The fraction of sp³-hybridized carbons (Fsp3) is 1.00. The molecule has 0 saturated heterocycles. The lowest BCUT2D eigenvalue weighted by Crippen LogP contribution is -2.30. The predicted octanol–water partition coefficient (Wildman–Crippen LogP) is 1.48. The van der Waals surface area contributed by atoms with Crippen molar-refractivity contribution in [2.24, 2.45) is 0 Å². The molecule has 0 atom stereocenters. The third kappa shape index (κ3) is 8.05. The Bertz CT molecular complexity index is 138. The summed E-state index contributed by atoms with van der Waals surface area (Å²) in [6.45, 7) is 10.6. The van der Waals surface area contributed by atoms with Crippen molar-refractivity contribution in [3.63, 3.8) is 0 Å². The Balaban J connectivity index is 3.76. The van der Waals surface area contributed by atoms with Gasteiger partial charge in [0, 0.05) is 39.3 Å². The van der Waals surface area contributed by atoms with Crippen LogP contribution in [0.1, 0.15) is 33.6 Å². The van der Waals surface area contributed by atoms with Gasteiger partial charge in [0.1, 0.15) is 0 Å². The summed E-state index contributed by atoms with van der Waals surface area (Å²) in [5.41, 5.74) is 0. The van der Waals surface area contributed by atoms with E-state index in [1.165, 1.54) is 0 Å². The molecule has 0 aromatic heterocycles. The molecule has 0 fully saturated rings. The Morgan fingerprint density at radius 2 is 1.69 bits per heavy atom. The lowest BCUT2D eigenvalue weighted by molar-refractivity contribution is -0.141. The average Bonchev–Trinajstić information content (AvgIpc) is 2.30. The van der Waals surface area contributed by atoms with Gasteiger partial charge >= 0.3 is 0 Å². The van der Waals surface area contributed by atoms with Gasteiger partial charge in [0.25, 0.3) is 0 Å². The molecule has 0 aliphatic rings. The van der Waals surface area contributed by atoms with Gasteiger partial charge < -0.3 is 19.5 Å². The van der Waals surface area contributed by atoms with Crippen LogP contribution in [0.5, 0.6) is 0 Å². The molecule has 0 saturated carbocycles. The molecule has 0 heterocycles. The molecule has 98 valence electrons. The molecule has 0 radical (unpaired) electrons. The van der Waals surface area contributed by atoms with Gasteiger partial charge in [0.05, 0.1) is 0 Å². The van der Waals surface area contributed by atoms with Crippen LogP contribution in [0.4, 0.5) is 0 Å². The summed E-state index contributed by atoms with van der Waals surface area (Å²) in [5, 5.41) is 8.78. The van der Waals surface area contributed by atoms with E-state index in [9.17, 15) is 0 Å². The topological polar surface area (TPSA) is 41.9 Å². The van der Waals surface area contributed by atoms with Gasteiger partial charge in [-0.05, 0) is 26.8 Å². The first-order valence-electron chi connectivity index (χ1n) is 6.34. The molecular weight excluding hydrogens is 206 g/mol. The average molecular weight is 233 g/mol. The third-order valence-corrected chi connectivity index (χ3v) is 2.47. The lowest BCUT2D eigenvalue weighted by atomic mass is 10.3. The van der Waals surface area contributed by atoms with E-state index in [4.69, 9.17) is 14.6 Å². The first kappa shape index (κ1) is 15.8. The zero-order valence-corrected chi connectivity index (χ0v) is 10.9. The van der Waals surface area contributed by atoms with Crippen LogP contribution >= 0.6 is 0 Å². The van der Waals surface area contributed by atoms with Crippen LogP contribution in [0, 0.1) is 0 Å².